The highest BCUT2D eigenvalue weighted by molar-refractivity contribution is 6.39. The second-order valence-corrected chi connectivity index (χ2v) is 5.76. The molecule has 1 aromatic rings. The number of carbonyl (C=O) groups is 2. The van der Waals surface area contributed by atoms with Gasteiger partial charge in [0.25, 0.3) is 5.91 Å². The van der Waals surface area contributed by atoms with Gasteiger partial charge in [0.05, 0.1) is 15.7 Å². The minimum Gasteiger partial charge on any atom is -0.481 e. The Bertz CT molecular complexity index is 524. The first-order valence-corrected chi connectivity index (χ1v) is 7.27. The highest BCUT2D eigenvalue weighted by Gasteiger charge is 2.20. The van der Waals surface area contributed by atoms with Gasteiger partial charge in [0.1, 0.15) is 0 Å². The lowest BCUT2D eigenvalue weighted by Crippen LogP contribution is -2.38. The quantitative estimate of drug-likeness (QED) is 0.783. The van der Waals surface area contributed by atoms with E-state index in [4.69, 9.17) is 34.0 Å². The molecule has 0 bridgehead atoms. The van der Waals surface area contributed by atoms with Gasteiger partial charge in [-0.3, -0.25) is 9.59 Å². The minimum atomic E-state index is -0.885. The molecule has 1 rings (SSSR count). The number of hydrogen-bond donors (Lipinski definition) is 2. The van der Waals surface area contributed by atoms with Crippen LogP contribution in [0, 0.1) is 0 Å². The van der Waals surface area contributed by atoms with E-state index in [2.05, 4.69) is 0 Å². The molecule has 7 heteroatoms. The number of nitrogen functional groups attached to an aromatic ring is 1. The predicted octanol–water partition coefficient (Wildman–Crippen LogP) is 3.29. The molecule has 116 valence electrons. The van der Waals surface area contributed by atoms with Crippen LogP contribution >= 0.6 is 23.2 Å². The van der Waals surface area contributed by atoms with E-state index in [9.17, 15) is 9.59 Å². The van der Waals surface area contributed by atoms with Crippen LogP contribution in [0.2, 0.25) is 10.0 Å². The Balaban J connectivity index is 2.93. The van der Waals surface area contributed by atoms with E-state index in [1.165, 1.54) is 12.1 Å². The van der Waals surface area contributed by atoms with Crippen LogP contribution < -0.4 is 5.73 Å². The van der Waals surface area contributed by atoms with Gasteiger partial charge < -0.3 is 15.7 Å². The van der Waals surface area contributed by atoms with Crippen LogP contribution in [0.3, 0.4) is 0 Å². The maximum absolute atomic E-state index is 12.5. The van der Waals surface area contributed by atoms with Crippen LogP contribution in [-0.4, -0.2) is 34.5 Å². The van der Waals surface area contributed by atoms with Crippen molar-refractivity contribution in [3.8, 4) is 0 Å². The molecule has 0 aliphatic carbocycles. The van der Waals surface area contributed by atoms with E-state index in [1.807, 2.05) is 13.8 Å². The van der Waals surface area contributed by atoms with E-state index in [1.54, 1.807) is 4.90 Å². The summed E-state index contributed by atoms with van der Waals surface area (Å²) in [7, 11) is 0. The fraction of sp³-hybridized carbons (Fsp3) is 0.429. The summed E-state index contributed by atoms with van der Waals surface area (Å²) in [5, 5.41) is 9.12. The number of carbonyl (C=O) groups excluding carboxylic acids is 1. The zero-order valence-corrected chi connectivity index (χ0v) is 13.4. The molecule has 0 aliphatic heterocycles. The Morgan fingerprint density at radius 1 is 1.29 bits per heavy atom. The number of halogens is 2. The molecule has 0 unspecified atom stereocenters. The van der Waals surface area contributed by atoms with Gasteiger partial charge in [-0.05, 0) is 32.4 Å². The standard InChI is InChI=1S/C14H18Cl2N2O3/c1-8(2)18(5-3-4-12(19)20)14(21)9-6-10(15)13(17)11(16)7-9/h6-8H,3-5,17H2,1-2H3,(H,19,20). The Hall–Kier alpha value is -1.46. The SMILES string of the molecule is CC(C)N(CCCC(=O)O)C(=O)c1cc(Cl)c(N)c(Cl)c1. The molecule has 0 atom stereocenters. The van der Waals surface area contributed by atoms with Crippen molar-refractivity contribution in [2.75, 3.05) is 12.3 Å². The van der Waals surface area contributed by atoms with E-state index in [0.717, 1.165) is 0 Å². The molecule has 0 saturated carbocycles. The zero-order valence-electron chi connectivity index (χ0n) is 11.9. The Morgan fingerprint density at radius 2 is 1.81 bits per heavy atom. The van der Waals surface area contributed by atoms with Crippen molar-refractivity contribution in [1.82, 2.24) is 4.90 Å². The van der Waals surface area contributed by atoms with Crippen LogP contribution in [0.5, 0.6) is 0 Å². The van der Waals surface area contributed by atoms with Gasteiger partial charge in [0.2, 0.25) is 0 Å². The van der Waals surface area contributed by atoms with Crippen molar-refractivity contribution in [2.45, 2.75) is 32.7 Å². The molecule has 0 heterocycles. The van der Waals surface area contributed by atoms with E-state index < -0.39 is 5.97 Å². The highest BCUT2D eigenvalue weighted by atomic mass is 35.5. The minimum absolute atomic E-state index is 0.0136. The summed E-state index contributed by atoms with van der Waals surface area (Å²) >= 11 is 11.9. The smallest absolute Gasteiger partial charge is 0.303 e. The first-order valence-electron chi connectivity index (χ1n) is 6.51. The lowest BCUT2D eigenvalue weighted by atomic mass is 10.1. The molecule has 0 aromatic heterocycles. The maximum Gasteiger partial charge on any atom is 0.303 e. The second kappa shape index (κ2) is 7.52. The molecule has 0 fully saturated rings. The lowest BCUT2D eigenvalue weighted by Gasteiger charge is -2.27. The number of hydrogen-bond acceptors (Lipinski definition) is 3. The van der Waals surface area contributed by atoms with Gasteiger partial charge in [-0.25, -0.2) is 0 Å². The maximum atomic E-state index is 12.5. The molecule has 5 nitrogen and oxygen atoms in total. The van der Waals surface area contributed by atoms with E-state index in [0.29, 0.717) is 18.5 Å². The summed E-state index contributed by atoms with van der Waals surface area (Å²) in [4.78, 5) is 24.6. The molecule has 0 saturated heterocycles. The van der Waals surface area contributed by atoms with Crippen molar-refractivity contribution < 1.29 is 14.7 Å². The summed E-state index contributed by atoms with van der Waals surface area (Å²) in [6.07, 6.45) is 0.398. The average Bonchev–Trinajstić information content (AvgIpc) is 2.39. The second-order valence-electron chi connectivity index (χ2n) is 4.94. The van der Waals surface area contributed by atoms with Crippen LogP contribution in [0.4, 0.5) is 5.69 Å². The van der Waals surface area contributed by atoms with E-state index >= 15 is 0 Å². The molecular weight excluding hydrogens is 315 g/mol. The molecule has 21 heavy (non-hydrogen) atoms. The largest absolute Gasteiger partial charge is 0.481 e. The topological polar surface area (TPSA) is 83.6 Å². The molecule has 0 aliphatic rings. The Labute approximate surface area is 133 Å². The van der Waals surface area contributed by atoms with Crippen molar-refractivity contribution in [2.24, 2.45) is 0 Å². The van der Waals surface area contributed by atoms with Crippen LogP contribution in [0.1, 0.15) is 37.0 Å². The molecule has 1 aromatic carbocycles. The number of carboxylic acids is 1. The first kappa shape index (κ1) is 17.6. The molecule has 1 amide bonds. The van der Waals surface area contributed by atoms with Crippen molar-refractivity contribution in [1.29, 1.82) is 0 Å². The first-order chi connectivity index (χ1) is 9.73. The fourth-order valence-corrected chi connectivity index (χ4v) is 2.36. The lowest BCUT2D eigenvalue weighted by molar-refractivity contribution is -0.137. The van der Waals surface area contributed by atoms with Gasteiger partial charge in [0, 0.05) is 24.6 Å². The third-order valence-corrected chi connectivity index (χ3v) is 3.63. The van der Waals surface area contributed by atoms with Gasteiger partial charge >= 0.3 is 5.97 Å². The van der Waals surface area contributed by atoms with Gasteiger partial charge in [-0.1, -0.05) is 23.2 Å². The van der Waals surface area contributed by atoms with Crippen molar-refractivity contribution >= 4 is 40.8 Å². The van der Waals surface area contributed by atoms with Crippen LogP contribution in [0.25, 0.3) is 0 Å². The van der Waals surface area contributed by atoms with E-state index in [-0.39, 0.29) is 34.1 Å². The Morgan fingerprint density at radius 3 is 2.24 bits per heavy atom. The van der Waals surface area contributed by atoms with Gasteiger partial charge in [0.15, 0.2) is 0 Å². The number of amides is 1. The number of carboxylic acid groups (broad SMARTS) is 1. The third kappa shape index (κ3) is 4.79. The molecule has 3 N–H and O–H groups in total. The number of nitrogens with zero attached hydrogens (tertiary/aromatic N) is 1. The van der Waals surface area contributed by atoms with Gasteiger partial charge in [-0.15, -0.1) is 0 Å². The third-order valence-electron chi connectivity index (χ3n) is 3.00. The normalized spacial score (nSPS) is 10.7. The number of rotatable bonds is 6. The van der Waals surface area contributed by atoms with Crippen molar-refractivity contribution in [3.63, 3.8) is 0 Å². The van der Waals surface area contributed by atoms with Crippen LogP contribution in [-0.2, 0) is 4.79 Å². The number of aliphatic carboxylic acids is 1. The number of nitrogens with two attached hydrogens (primary N) is 1. The zero-order chi connectivity index (χ0) is 16.2. The summed E-state index contributed by atoms with van der Waals surface area (Å²) in [5.74, 6) is -1.14. The Kier molecular flexibility index (Phi) is 6.30. The average molecular weight is 333 g/mol. The predicted molar refractivity (Wildman–Crippen MR) is 83.9 cm³/mol. The number of anilines is 1. The summed E-state index contributed by atoms with van der Waals surface area (Å²) in [6.45, 7) is 4.07. The fourth-order valence-electron chi connectivity index (χ4n) is 1.87. The molecule has 0 spiro atoms. The van der Waals surface area contributed by atoms with Crippen molar-refractivity contribution in [3.05, 3.63) is 27.7 Å². The monoisotopic (exact) mass is 332 g/mol. The van der Waals surface area contributed by atoms with Crippen LogP contribution in [0.15, 0.2) is 12.1 Å². The summed E-state index contributed by atoms with van der Waals surface area (Å²) in [6, 6.07) is 2.87. The summed E-state index contributed by atoms with van der Waals surface area (Å²) in [5.41, 5.74) is 6.22. The molecule has 0 radical (unpaired) electrons. The highest BCUT2D eigenvalue weighted by Crippen LogP contribution is 2.29. The number of benzene rings is 1. The van der Waals surface area contributed by atoms with Gasteiger partial charge in [-0.2, -0.15) is 0 Å². The summed E-state index contributed by atoms with van der Waals surface area (Å²) < 4.78 is 0. The molecular formula is C14H18Cl2N2O3.